The van der Waals surface area contributed by atoms with E-state index < -0.39 is 6.04 Å². The second kappa shape index (κ2) is 5.95. The number of para-hydroxylation sites is 1. The van der Waals surface area contributed by atoms with Crippen LogP contribution in [0.5, 0.6) is 0 Å². The number of hydrogen-bond donors (Lipinski definition) is 0. The van der Waals surface area contributed by atoms with E-state index in [1.54, 1.807) is 22.8 Å². The van der Waals surface area contributed by atoms with Crippen LogP contribution >= 0.6 is 11.6 Å². The van der Waals surface area contributed by atoms with E-state index in [9.17, 15) is 9.59 Å². The molecule has 1 atom stereocenters. The van der Waals surface area contributed by atoms with Crippen LogP contribution in [0.15, 0.2) is 57.1 Å². The first kappa shape index (κ1) is 16.8. The minimum atomic E-state index is -0.422. The Hall–Kier alpha value is -2.66. The van der Waals surface area contributed by atoms with Gasteiger partial charge in [0.05, 0.1) is 11.6 Å². The Kier molecular flexibility index (Phi) is 3.84. The van der Waals surface area contributed by atoms with Crippen molar-refractivity contribution in [3.05, 3.63) is 73.9 Å². The largest absolute Gasteiger partial charge is 0.328 e. The first-order valence-electron chi connectivity index (χ1n) is 8.49. The zero-order valence-corrected chi connectivity index (χ0v) is 15.5. The van der Waals surface area contributed by atoms with Crippen molar-refractivity contribution in [2.75, 3.05) is 0 Å². The predicted octanol–water partition coefficient (Wildman–Crippen LogP) is 3.61. The lowest BCUT2D eigenvalue weighted by atomic mass is 10.1. The number of benzene rings is 1. The first-order chi connectivity index (χ1) is 12.4. The normalized spacial score (nSPS) is 16.8. The molecule has 1 aliphatic carbocycles. The number of halogens is 1. The molecule has 4 rings (SSSR count). The second-order valence-electron chi connectivity index (χ2n) is 6.79. The van der Waals surface area contributed by atoms with E-state index in [0.29, 0.717) is 21.9 Å². The third kappa shape index (κ3) is 2.27. The Morgan fingerprint density at radius 1 is 1.19 bits per heavy atom. The molecule has 0 saturated heterocycles. The van der Waals surface area contributed by atoms with Crippen molar-refractivity contribution in [2.24, 2.45) is 7.05 Å². The summed E-state index contributed by atoms with van der Waals surface area (Å²) in [6.07, 6.45) is 5.41. The van der Waals surface area contributed by atoms with Gasteiger partial charge in [-0.05, 0) is 18.2 Å². The van der Waals surface area contributed by atoms with Gasteiger partial charge in [-0.1, -0.05) is 49.7 Å². The molecule has 3 aromatic rings. The van der Waals surface area contributed by atoms with Crippen LogP contribution in [-0.2, 0) is 7.05 Å². The average molecular weight is 368 g/mol. The molecule has 0 radical (unpaired) electrons. The molecule has 26 heavy (non-hydrogen) atoms. The smallest absolute Gasteiger partial charge is 0.267 e. The van der Waals surface area contributed by atoms with E-state index in [-0.39, 0.29) is 22.3 Å². The molecule has 0 bridgehead atoms. The van der Waals surface area contributed by atoms with E-state index >= 15 is 0 Å². The van der Waals surface area contributed by atoms with Crippen LogP contribution in [0.1, 0.15) is 31.6 Å². The monoisotopic (exact) mass is 367 g/mol. The zero-order chi connectivity index (χ0) is 18.6. The highest BCUT2D eigenvalue weighted by molar-refractivity contribution is 6.30. The Labute approximate surface area is 154 Å². The number of aromatic nitrogens is 3. The minimum Gasteiger partial charge on any atom is -0.328 e. The number of nitrogens with zero attached hydrogens (tertiary/aromatic N) is 3. The van der Waals surface area contributed by atoms with Crippen molar-refractivity contribution in [3.8, 4) is 0 Å². The van der Waals surface area contributed by atoms with E-state index in [1.807, 2.05) is 49.7 Å². The summed E-state index contributed by atoms with van der Waals surface area (Å²) in [6, 6.07) is 6.84. The number of pyridine rings is 1. The molecule has 132 valence electrons. The van der Waals surface area contributed by atoms with Crippen molar-refractivity contribution in [1.29, 1.82) is 0 Å². The predicted molar refractivity (Wildman–Crippen MR) is 105 cm³/mol. The lowest BCUT2D eigenvalue weighted by Crippen LogP contribution is -2.33. The molecule has 1 aromatic carbocycles. The van der Waals surface area contributed by atoms with Crippen LogP contribution < -0.4 is 11.0 Å². The van der Waals surface area contributed by atoms with Crippen molar-refractivity contribution in [1.82, 2.24) is 14.1 Å². The van der Waals surface area contributed by atoms with Gasteiger partial charge in [-0.2, -0.15) is 0 Å². The summed E-state index contributed by atoms with van der Waals surface area (Å²) < 4.78 is 3.36. The molecule has 5 nitrogen and oxygen atoms in total. The summed E-state index contributed by atoms with van der Waals surface area (Å²) in [7, 11) is 1.83. The third-order valence-electron chi connectivity index (χ3n) is 4.80. The number of hydrogen-bond acceptors (Lipinski definition) is 3. The van der Waals surface area contributed by atoms with Crippen LogP contribution in [0.2, 0.25) is 0 Å². The molecule has 0 aliphatic heterocycles. The van der Waals surface area contributed by atoms with Crippen LogP contribution in [0.25, 0.3) is 21.9 Å². The zero-order valence-electron chi connectivity index (χ0n) is 14.7. The molecule has 1 aliphatic rings. The summed E-state index contributed by atoms with van der Waals surface area (Å²) in [5, 5.41) is 1.14. The highest BCUT2D eigenvalue weighted by atomic mass is 35.5. The molecule has 0 N–H and O–H groups in total. The summed E-state index contributed by atoms with van der Waals surface area (Å²) in [6.45, 7) is 3.94. The maximum atomic E-state index is 13.4. The van der Waals surface area contributed by atoms with Gasteiger partial charge in [0.1, 0.15) is 11.2 Å². The van der Waals surface area contributed by atoms with E-state index in [0.717, 1.165) is 5.52 Å². The van der Waals surface area contributed by atoms with Gasteiger partial charge >= 0.3 is 0 Å². The fourth-order valence-corrected chi connectivity index (χ4v) is 3.76. The molecular formula is C20H18ClN3O2. The Morgan fingerprint density at radius 3 is 2.58 bits per heavy atom. The highest BCUT2D eigenvalue weighted by Gasteiger charge is 2.25. The summed E-state index contributed by atoms with van der Waals surface area (Å²) in [5.41, 5.74) is 0.509. The molecule has 0 fully saturated rings. The maximum absolute atomic E-state index is 13.4. The average Bonchev–Trinajstić information content (AvgIpc) is 3.04. The Balaban J connectivity index is 2.24. The molecule has 1 unspecified atom stereocenters. The molecular weight excluding hydrogens is 350 g/mol. The Bertz CT molecular complexity index is 1230. The third-order valence-corrected chi connectivity index (χ3v) is 5.15. The fourth-order valence-electron chi connectivity index (χ4n) is 3.52. The number of aryl methyl sites for hydroxylation is 1. The minimum absolute atomic E-state index is 0.00728. The van der Waals surface area contributed by atoms with Gasteiger partial charge in [-0.3, -0.25) is 14.2 Å². The van der Waals surface area contributed by atoms with Crippen molar-refractivity contribution in [3.63, 3.8) is 0 Å². The fraction of sp³-hybridized carbons (Fsp3) is 0.250. The molecule has 2 aromatic heterocycles. The van der Waals surface area contributed by atoms with Gasteiger partial charge < -0.3 is 4.57 Å². The summed E-state index contributed by atoms with van der Waals surface area (Å²) in [5.74, 6) is 0.600. The molecule has 0 spiro atoms. The quantitative estimate of drug-likeness (QED) is 0.650. The van der Waals surface area contributed by atoms with E-state index in [2.05, 4.69) is 0 Å². The molecule has 0 amide bonds. The van der Waals surface area contributed by atoms with Crippen molar-refractivity contribution >= 4 is 33.5 Å². The molecule has 0 saturated carbocycles. The lowest BCUT2D eigenvalue weighted by Gasteiger charge is -2.21. The maximum Gasteiger partial charge on any atom is 0.267 e. The van der Waals surface area contributed by atoms with Gasteiger partial charge in [-0.25, -0.2) is 4.98 Å². The van der Waals surface area contributed by atoms with Gasteiger partial charge in [0, 0.05) is 23.4 Å². The molecule has 6 heteroatoms. The van der Waals surface area contributed by atoms with Gasteiger partial charge in [-0.15, -0.1) is 0 Å². The van der Waals surface area contributed by atoms with Crippen molar-refractivity contribution in [2.45, 2.75) is 25.8 Å². The number of fused-ring (bicyclic) bond motifs is 2. The SMILES string of the molecule is CC(C)c1nc2c(c(=O)c3ccccc3n2C)c(=O)n1C1C=CC=C1Cl. The Morgan fingerprint density at radius 2 is 1.92 bits per heavy atom. The first-order valence-corrected chi connectivity index (χ1v) is 8.87. The highest BCUT2D eigenvalue weighted by Crippen LogP contribution is 2.30. The second-order valence-corrected chi connectivity index (χ2v) is 7.22. The van der Waals surface area contributed by atoms with Crippen LogP contribution in [0.4, 0.5) is 0 Å². The van der Waals surface area contributed by atoms with Crippen molar-refractivity contribution < 1.29 is 0 Å². The van der Waals surface area contributed by atoms with Crippen LogP contribution in [-0.4, -0.2) is 14.1 Å². The number of rotatable bonds is 2. The summed E-state index contributed by atoms with van der Waals surface area (Å²) >= 11 is 6.31. The van der Waals surface area contributed by atoms with Gasteiger partial charge in [0.15, 0.2) is 5.65 Å². The van der Waals surface area contributed by atoms with Crippen LogP contribution in [0, 0.1) is 0 Å². The summed E-state index contributed by atoms with van der Waals surface area (Å²) in [4.78, 5) is 31.2. The molecule has 2 heterocycles. The van der Waals surface area contributed by atoms with Gasteiger partial charge in [0.2, 0.25) is 5.43 Å². The van der Waals surface area contributed by atoms with Gasteiger partial charge in [0.25, 0.3) is 5.56 Å². The topological polar surface area (TPSA) is 56.9 Å². The lowest BCUT2D eigenvalue weighted by molar-refractivity contribution is 0.591. The van der Waals surface area contributed by atoms with E-state index in [1.165, 1.54) is 0 Å². The van der Waals surface area contributed by atoms with E-state index in [4.69, 9.17) is 16.6 Å². The standard InChI is InChI=1S/C20H18ClN3O2/c1-11(2)18-22-19-16(20(26)24(18)15-10-6-8-13(15)21)17(25)12-7-4-5-9-14(12)23(19)3/h4-11,15H,1-3H3. The van der Waals surface area contributed by atoms with Crippen LogP contribution in [0.3, 0.4) is 0 Å². The number of allylic oxidation sites excluding steroid dienone is 4.